The van der Waals surface area contributed by atoms with Crippen LogP contribution in [-0.4, -0.2) is 26.9 Å². The number of ether oxygens (including phenoxy) is 1. The Kier molecular flexibility index (Phi) is 4.19. The number of carbonyl (C=O) groups excluding carboxylic acids is 1. The molecule has 0 amide bonds. The largest absolute Gasteiger partial charge is 0.465 e. The molecule has 1 aromatic carbocycles. The van der Waals surface area contributed by atoms with E-state index in [2.05, 4.69) is 42.3 Å². The molecule has 1 fully saturated rings. The van der Waals surface area contributed by atoms with Gasteiger partial charge in [0.1, 0.15) is 14.3 Å². The summed E-state index contributed by atoms with van der Waals surface area (Å²) in [5, 5.41) is 0. The second kappa shape index (κ2) is 5.67. The molecule has 0 saturated carbocycles. The van der Waals surface area contributed by atoms with E-state index in [4.69, 9.17) is 4.74 Å². The van der Waals surface area contributed by atoms with E-state index >= 15 is 0 Å². The Hall–Kier alpha value is -1.13. The number of nitrogens with one attached hydrogen (secondary N) is 1. The highest BCUT2D eigenvalue weighted by Gasteiger charge is 2.31. The fraction of sp³-hybridized carbons (Fsp3) is 0.500. The van der Waals surface area contributed by atoms with Gasteiger partial charge in [-0.25, -0.2) is 0 Å². The molecule has 1 heterocycles. The maximum Gasteiger partial charge on any atom is 0.322 e. The maximum atomic E-state index is 11.7. The number of rotatable bonds is 4. The SMILES string of the molecule is C[Si](C)(Cc1ccccc1)NC1CCCOC1=O. The van der Waals surface area contributed by atoms with Gasteiger partial charge in [-0.1, -0.05) is 43.4 Å². The molecule has 1 aliphatic heterocycles. The van der Waals surface area contributed by atoms with Gasteiger partial charge in [-0.05, 0) is 24.4 Å². The van der Waals surface area contributed by atoms with Gasteiger partial charge >= 0.3 is 5.97 Å². The van der Waals surface area contributed by atoms with Gasteiger partial charge in [0.15, 0.2) is 0 Å². The lowest BCUT2D eigenvalue weighted by Gasteiger charge is -2.31. The van der Waals surface area contributed by atoms with E-state index in [1.54, 1.807) is 0 Å². The van der Waals surface area contributed by atoms with Gasteiger partial charge < -0.3 is 9.72 Å². The molecule has 1 aromatic rings. The Labute approximate surface area is 110 Å². The van der Waals surface area contributed by atoms with E-state index in [0.29, 0.717) is 6.61 Å². The Morgan fingerprint density at radius 3 is 2.72 bits per heavy atom. The average Bonchev–Trinajstić information content (AvgIpc) is 2.32. The molecule has 0 bridgehead atoms. The summed E-state index contributed by atoms with van der Waals surface area (Å²) < 4.78 is 5.11. The van der Waals surface area contributed by atoms with E-state index in [-0.39, 0.29) is 12.0 Å². The first-order valence-corrected chi connectivity index (χ1v) is 9.76. The van der Waals surface area contributed by atoms with Crippen LogP contribution in [-0.2, 0) is 15.6 Å². The molecule has 0 aromatic heterocycles. The first kappa shape index (κ1) is 13.3. The number of esters is 1. The van der Waals surface area contributed by atoms with Gasteiger partial charge in [0.2, 0.25) is 0 Å². The highest BCUT2D eigenvalue weighted by atomic mass is 28.3. The summed E-state index contributed by atoms with van der Waals surface area (Å²) in [6.07, 6.45) is 1.88. The minimum Gasteiger partial charge on any atom is -0.465 e. The van der Waals surface area contributed by atoms with Crippen LogP contribution in [0, 0.1) is 0 Å². The molecule has 1 atom stereocenters. The van der Waals surface area contributed by atoms with Crippen LogP contribution in [0.25, 0.3) is 0 Å². The molecule has 1 aliphatic rings. The van der Waals surface area contributed by atoms with Gasteiger partial charge in [0.25, 0.3) is 0 Å². The summed E-state index contributed by atoms with van der Waals surface area (Å²) in [4.78, 5) is 15.2. The lowest BCUT2D eigenvalue weighted by Crippen LogP contribution is -2.56. The third-order valence-electron chi connectivity index (χ3n) is 3.22. The predicted molar refractivity (Wildman–Crippen MR) is 74.7 cm³/mol. The monoisotopic (exact) mass is 263 g/mol. The van der Waals surface area contributed by atoms with Crippen molar-refractivity contribution in [2.75, 3.05) is 6.61 Å². The van der Waals surface area contributed by atoms with Crippen molar-refractivity contribution >= 4 is 14.2 Å². The van der Waals surface area contributed by atoms with Crippen molar-refractivity contribution in [3.63, 3.8) is 0 Å². The fourth-order valence-corrected chi connectivity index (χ4v) is 5.00. The van der Waals surface area contributed by atoms with Crippen molar-refractivity contribution in [2.24, 2.45) is 0 Å². The summed E-state index contributed by atoms with van der Waals surface area (Å²) in [6.45, 7) is 5.11. The van der Waals surface area contributed by atoms with E-state index < -0.39 is 8.24 Å². The van der Waals surface area contributed by atoms with Gasteiger partial charge in [0, 0.05) is 0 Å². The smallest absolute Gasteiger partial charge is 0.322 e. The van der Waals surface area contributed by atoms with Crippen LogP contribution in [0.3, 0.4) is 0 Å². The lowest BCUT2D eigenvalue weighted by atomic mass is 10.1. The molecular weight excluding hydrogens is 242 g/mol. The first-order valence-electron chi connectivity index (χ1n) is 6.55. The fourth-order valence-electron chi connectivity index (χ4n) is 2.44. The minimum atomic E-state index is -1.62. The number of cyclic esters (lactones) is 1. The quantitative estimate of drug-likeness (QED) is 0.669. The number of carbonyl (C=O) groups is 1. The van der Waals surface area contributed by atoms with E-state index in [1.807, 2.05) is 6.07 Å². The van der Waals surface area contributed by atoms with E-state index in [0.717, 1.165) is 18.9 Å². The third-order valence-corrected chi connectivity index (χ3v) is 5.64. The van der Waals surface area contributed by atoms with Gasteiger partial charge in [-0.2, -0.15) is 0 Å². The zero-order valence-corrected chi connectivity index (χ0v) is 12.1. The third kappa shape index (κ3) is 3.68. The molecule has 3 nitrogen and oxygen atoms in total. The molecule has 18 heavy (non-hydrogen) atoms. The Bertz CT molecular complexity index is 406. The number of benzene rings is 1. The first-order chi connectivity index (χ1) is 8.57. The lowest BCUT2D eigenvalue weighted by molar-refractivity contribution is -0.149. The Balaban J connectivity index is 1.96. The summed E-state index contributed by atoms with van der Waals surface area (Å²) in [7, 11) is -1.62. The van der Waals surface area contributed by atoms with Gasteiger partial charge in [-0.15, -0.1) is 0 Å². The highest BCUT2D eigenvalue weighted by molar-refractivity contribution is 6.74. The minimum absolute atomic E-state index is 0.0742. The Morgan fingerprint density at radius 1 is 1.33 bits per heavy atom. The van der Waals surface area contributed by atoms with Crippen molar-refractivity contribution in [1.82, 2.24) is 4.98 Å². The molecule has 98 valence electrons. The molecule has 0 radical (unpaired) electrons. The van der Waals surface area contributed by atoms with E-state index in [9.17, 15) is 4.79 Å². The standard InChI is InChI=1S/C14H21NO2Si/c1-18(2,11-12-7-4-3-5-8-12)15-13-9-6-10-17-14(13)16/h3-5,7-8,13,15H,6,9-11H2,1-2H3. The van der Waals surface area contributed by atoms with Crippen molar-refractivity contribution in [3.05, 3.63) is 35.9 Å². The maximum absolute atomic E-state index is 11.7. The molecule has 2 rings (SSSR count). The predicted octanol–water partition coefficient (Wildman–Crippen LogP) is 2.27. The van der Waals surface area contributed by atoms with Gasteiger partial charge in [0.05, 0.1) is 6.61 Å². The molecule has 1 saturated heterocycles. The van der Waals surface area contributed by atoms with Crippen molar-refractivity contribution in [3.8, 4) is 0 Å². The molecule has 0 spiro atoms. The van der Waals surface area contributed by atoms with Crippen LogP contribution in [0.5, 0.6) is 0 Å². The van der Waals surface area contributed by atoms with Crippen LogP contribution in [0.4, 0.5) is 0 Å². The van der Waals surface area contributed by atoms with Crippen LogP contribution in [0.1, 0.15) is 18.4 Å². The van der Waals surface area contributed by atoms with Crippen molar-refractivity contribution in [1.29, 1.82) is 0 Å². The summed E-state index contributed by atoms with van der Waals surface area (Å²) >= 11 is 0. The number of hydrogen-bond donors (Lipinski definition) is 1. The molecular formula is C14H21NO2Si. The average molecular weight is 263 g/mol. The molecule has 0 aliphatic carbocycles. The van der Waals surface area contributed by atoms with Crippen molar-refractivity contribution in [2.45, 2.75) is 38.0 Å². The molecule has 1 unspecified atom stereocenters. The zero-order chi connectivity index (χ0) is 13.0. The van der Waals surface area contributed by atoms with Crippen LogP contribution in [0.2, 0.25) is 13.1 Å². The van der Waals surface area contributed by atoms with Crippen molar-refractivity contribution < 1.29 is 9.53 Å². The van der Waals surface area contributed by atoms with Crippen LogP contribution >= 0.6 is 0 Å². The second-order valence-corrected chi connectivity index (χ2v) is 9.96. The highest BCUT2D eigenvalue weighted by Crippen LogP contribution is 2.14. The zero-order valence-electron chi connectivity index (χ0n) is 11.1. The Morgan fingerprint density at radius 2 is 2.06 bits per heavy atom. The summed E-state index contributed by atoms with van der Waals surface area (Å²) in [5.74, 6) is -0.0742. The molecule has 1 N–H and O–H groups in total. The summed E-state index contributed by atoms with van der Waals surface area (Å²) in [6, 6.07) is 11.4. The van der Waals surface area contributed by atoms with Crippen LogP contribution in [0.15, 0.2) is 30.3 Å². The summed E-state index contributed by atoms with van der Waals surface area (Å²) in [5.41, 5.74) is 1.34. The topological polar surface area (TPSA) is 38.3 Å². The van der Waals surface area contributed by atoms with E-state index in [1.165, 1.54) is 5.56 Å². The van der Waals surface area contributed by atoms with Crippen LogP contribution < -0.4 is 4.98 Å². The normalized spacial score (nSPS) is 20.6. The molecule has 4 heteroatoms. The van der Waals surface area contributed by atoms with Gasteiger partial charge in [-0.3, -0.25) is 4.79 Å². The second-order valence-electron chi connectivity index (χ2n) is 5.55. The number of hydrogen-bond acceptors (Lipinski definition) is 3.